The minimum atomic E-state index is -4.29. The van der Waals surface area contributed by atoms with Crippen molar-refractivity contribution in [1.82, 2.24) is 0 Å². The number of halogens is 3. The molecule has 23 heavy (non-hydrogen) atoms. The number of nitrogens with zero attached hydrogens (tertiary/aromatic N) is 1. The number of hydrogen-bond acceptors (Lipinski definition) is 4. The fraction of sp³-hybridized carbons (Fsp3) is 0.533. The van der Waals surface area contributed by atoms with E-state index in [1.165, 1.54) is 0 Å². The summed E-state index contributed by atoms with van der Waals surface area (Å²) in [5.74, 6) is 0. The molecule has 0 spiro atoms. The molecular weight excluding hydrogens is 313 g/mol. The van der Waals surface area contributed by atoms with Crippen LogP contribution in [0.25, 0.3) is 0 Å². The van der Waals surface area contributed by atoms with Crippen LogP contribution in [0.15, 0.2) is 18.2 Å². The molecule has 8 heteroatoms. The van der Waals surface area contributed by atoms with E-state index in [9.17, 15) is 18.0 Å². The highest BCUT2D eigenvalue weighted by molar-refractivity contribution is 5.91. The Kier molecular flexibility index (Phi) is 5.70. The van der Waals surface area contributed by atoms with Crippen molar-refractivity contribution in [2.45, 2.75) is 19.5 Å². The molecule has 1 heterocycles. The SMILES string of the molecule is Cc1ccc(NCCCOCC(F)(F)F)cc1N1CCOC1=O. The first-order valence-electron chi connectivity index (χ1n) is 7.30. The zero-order valence-corrected chi connectivity index (χ0v) is 12.8. The van der Waals surface area contributed by atoms with Crippen LogP contribution in [0.4, 0.5) is 29.3 Å². The molecule has 1 aromatic carbocycles. The molecule has 0 aromatic heterocycles. The fourth-order valence-corrected chi connectivity index (χ4v) is 2.22. The molecule has 2 rings (SSSR count). The van der Waals surface area contributed by atoms with Crippen LogP contribution in [-0.2, 0) is 9.47 Å². The lowest BCUT2D eigenvalue weighted by molar-refractivity contribution is -0.173. The average Bonchev–Trinajstić information content (AvgIpc) is 2.89. The minimum Gasteiger partial charge on any atom is -0.447 e. The Labute approximate surface area is 132 Å². The monoisotopic (exact) mass is 332 g/mol. The normalized spacial score (nSPS) is 15.0. The van der Waals surface area contributed by atoms with E-state index in [1.54, 1.807) is 4.90 Å². The molecule has 1 N–H and O–H groups in total. The second kappa shape index (κ2) is 7.54. The molecule has 0 aliphatic carbocycles. The van der Waals surface area contributed by atoms with Gasteiger partial charge in [-0.3, -0.25) is 4.90 Å². The third-order valence-electron chi connectivity index (χ3n) is 3.32. The van der Waals surface area contributed by atoms with E-state index in [1.807, 2.05) is 25.1 Å². The van der Waals surface area contributed by atoms with Crippen LogP contribution in [0, 0.1) is 6.92 Å². The van der Waals surface area contributed by atoms with Gasteiger partial charge in [0.1, 0.15) is 13.2 Å². The Morgan fingerprint density at radius 3 is 2.83 bits per heavy atom. The molecule has 1 fully saturated rings. The Morgan fingerprint density at radius 1 is 1.39 bits per heavy atom. The van der Waals surface area contributed by atoms with Crippen LogP contribution in [0.5, 0.6) is 0 Å². The van der Waals surface area contributed by atoms with Gasteiger partial charge in [-0.1, -0.05) is 6.07 Å². The zero-order valence-electron chi connectivity index (χ0n) is 12.8. The lowest BCUT2D eigenvalue weighted by Crippen LogP contribution is -2.24. The third-order valence-corrected chi connectivity index (χ3v) is 3.32. The molecule has 1 aromatic rings. The summed E-state index contributed by atoms with van der Waals surface area (Å²) in [6.07, 6.45) is -4.21. The number of anilines is 2. The molecule has 0 radical (unpaired) electrons. The predicted molar refractivity (Wildman–Crippen MR) is 79.9 cm³/mol. The Morgan fingerprint density at radius 2 is 2.17 bits per heavy atom. The molecular formula is C15H19F3N2O3. The summed E-state index contributed by atoms with van der Waals surface area (Å²) >= 11 is 0. The maximum absolute atomic E-state index is 11.9. The van der Waals surface area contributed by atoms with Crippen LogP contribution in [0.3, 0.4) is 0 Å². The van der Waals surface area contributed by atoms with E-state index in [4.69, 9.17) is 4.74 Å². The van der Waals surface area contributed by atoms with Crippen molar-refractivity contribution in [2.75, 3.05) is 43.1 Å². The summed E-state index contributed by atoms with van der Waals surface area (Å²) in [6.45, 7) is 2.06. The molecule has 5 nitrogen and oxygen atoms in total. The number of alkyl halides is 3. The van der Waals surface area contributed by atoms with Crippen LogP contribution in [-0.4, -0.2) is 45.2 Å². The van der Waals surface area contributed by atoms with E-state index in [2.05, 4.69) is 10.1 Å². The molecule has 1 amide bonds. The second-order valence-electron chi connectivity index (χ2n) is 5.22. The van der Waals surface area contributed by atoms with Crippen molar-refractivity contribution in [3.8, 4) is 0 Å². The number of aryl methyl sites for hydroxylation is 1. The summed E-state index contributed by atoms with van der Waals surface area (Å²) in [4.78, 5) is 13.2. The van der Waals surface area contributed by atoms with Gasteiger partial charge < -0.3 is 14.8 Å². The molecule has 128 valence electrons. The number of ether oxygens (including phenoxy) is 2. The van der Waals surface area contributed by atoms with Gasteiger partial charge in [-0.2, -0.15) is 13.2 Å². The highest BCUT2D eigenvalue weighted by atomic mass is 19.4. The lowest BCUT2D eigenvalue weighted by atomic mass is 10.1. The second-order valence-corrected chi connectivity index (χ2v) is 5.22. The zero-order chi connectivity index (χ0) is 16.9. The van der Waals surface area contributed by atoms with Crippen LogP contribution < -0.4 is 10.2 Å². The fourth-order valence-electron chi connectivity index (χ4n) is 2.22. The van der Waals surface area contributed by atoms with Gasteiger partial charge in [0.15, 0.2) is 0 Å². The number of rotatable bonds is 7. The molecule has 1 saturated heterocycles. The van der Waals surface area contributed by atoms with Crippen molar-refractivity contribution < 1.29 is 27.4 Å². The molecule has 1 aliphatic heterocycles. The predicted octanol–water partition coefficient (Wildman–Crippen LogP) is 3.33. The van der Waals surface area contributed by atoms with E-state index in [-0.39, 0.29) is 12.7 Å². The minimum absolute atomic E-state index is 0.0314. The van der Waals surface area contributed by atoms with Crippen molar-refractivity contribution in [3.05, 3.63) is 23.8 Å². The smallest absolute Gasteiger partial charge is 0.414 e. The van der Waals surface area contributed by atoms with Crippen LogP contribution in [0.2, 0.25) is 0 Å². The van der Waals surface area contributed by atoms with Crippen molar-refractivity contribution in [3.63, 3.8) is 0 Å². The summed E-state index contributed by atoms with van der Waals surface area (Å²) < 4.78 is 45.2. The van der Waals surface area contributed by atoms with Gasteiger partial charge >= 0.3 is 12.3 Å². The highest BCUT2D eigenvalue weighted by Gasteiger charge is 2.27. The molecule has 0 bridgehead atoms. The van der Waals surface area contributed by atoms with Crippen LogP contribution >= 0.6 is 0 Å². The number of amides is 1. The van der Waals surface area contributed by atoms with E-state index in [0.29, 0.717) is 26.1 Å². The standard InChI is InChI=1S/C15H19F3N2O3/c1-11-3-4-12(9-13(11)20-6-8-23-14(20)21)19-5-2-7-22-10-15(16,17)18/h3-4,9,19H,2,5-8,10H2,1H3. The maximum atomic E-state index is 11.9. The van der Waals surface area contributed by atoms with Gasteiger partial charge in [-0.15, -0.1) is 0 Å². The van der Waals surface area contributed by atoms with Gasteiger partial charge in [0.2, 0.25) is 0 Å². The first kappa shape index (κ1) is 17.4. The number of carbonyl (C=O) groups is 1. The quantitative estimate of drug-likeness (QED) is 0.778. The van der Waals surface area contributed by atoms with Crippen molar-refractivity contribution >= 4 is 17.5 Å². The maximum Gasteiger partial charge on any atom is 0.414 e. The highest BCUT2D eigenvalue weighted by Crippen LogP contribution is 2.26. The topological polar surface area (TPSA) is 50.8 Å². The number of benzene rings is 1. The molecule has 1 aliphatic rings. The van der Waals surface area contributed by atoms with Gasteiger partial charge in [-0.25, -0.2) is 4.79 Å². The van der Waals surface area contributed by atoms with Gasteiger partial charge in [0, 0.05) is 18.8 Å². The Balaban J connectivity index is 1.81. The summed E-state index contributed by atoms with van der Waals surface area (Å²) in [5, 5.41) is 3.11. The number of hydrogen-bond donors (Lipinski definition) is 1. The molecule has 0 unspecified atom stereocenters. The Hall–Kier alpha value is -1.96. The van der Waals surface area contributed by atoms with E-state index in [0.717, 1.165) is 16.9 Å². The summed E-state index contributed by atoms with van der Waals surface area (Å²) in [6, 6.07) is 5.57. The summed E-state index contributed by atoms with van der Waals surface area (Å²) in [5.41, 5.74) is 2.51. The number of cyclic esters (lactones) is 1. The Bertz CT molecular complexity index is 549. The molecule has 0 atom stereocenters. The van der Waals surface area contributed by atoms with Gasteiger partial charge in [0.25, 0.3) is 0 Å². The van der Waals surface area contributed by atoms with Crippen LogP contribution in [0.1, 0.15) is 12.0 Å². The number of carbonyl (C=O) groups excluding carboxylic acids is 1. The average molecular weight is 332 g/mol. The third kappa shape index (κ3) is 5.31. The van der Waals surface area contributed by atoms with Gasteiger partial charge in [-0.05, 0) is 31.0 Å². The largest absolute Gasteiger partial charge is 0.447 e. The first-order chi connectivity index (χ1) is 10.9. The number of nitrogens with one attached hydrogen (secondary N) is 1. The van der Waals surface area contributed by atoms with E-state index < -0.39 is 12.8 Å². The van der Waals surface area contributed by atoms with E-state index >= 15 is 0 Å². The first-order valence-corrected chi connectivity index (χ1v) is 7.30. The molecule has 0 saturated carbocycles. The van der Waals surface area contributed by atoms with Crippen molar-refractivity contribution in [2.24, 2.45) is 0 Å². The summed E-state index contributed by atoms with van der Waals surface area (Å²) in [7, 11) is 0. The van der Waals surface area contributed by atoms with Crippen molar-refractivity contribution in [1.29, 1.82) is 0 Å². The lowest BCUT2D eigenvalue weighted by Gasteiger charge is -2.17. The van der Waals surface area contributed by atoms with Gasteiger partial charge in [0.05, 0.1) is 12.2 Å².